The molecule has 1 aromatic rings. The highest BCUT2D eigenvalue weighted by Crippen LogP contribution is 2.37. The normalized spacial score (nSPS) is 26.9. The SMILES string of the molecule is CC1(NCC2(O)CCN(S(=O)(=O)c3ccc(Br)cc3)C(OC(=O)C(F)(F)F)C2)CC1. The van der Waals surface area contributed by atoms with Crippen LogP contribution in [0.1, 0.15) is 32.6 Å². The Hall–Kier alpha value is -1.21. The molecule has 168 valence electrons. The van der Waals surface area contributed by atoms with Crippen LogP contribution in [0.5, 0.6) is 0 Å². The lowest BCUT2D eigenvalue weighted by molar-refractivity contribution is -0.216. The number of halogens is 4. The second kappa shape index (κ2) is 8.05. The third-order valence-corrected chi connectivity index (χ3v) is 7.84. The molecule has 12 heteroatoms. The number of aliphatic hydroxyl groups is 1. The lowest BCUT2D eigenvalue weighted by Gasteiger charge is -2.42. The molecule has 7 nitrogen and oxygen atoms in total. The van der Waals surface area contributed by atoms with E-state index < -0.39 is 40.4 Å². The first kappa shape index (κ1) is 23.5. The average molecular weight is 515 g/mol. The van der Waals surface area contributed by atoms with Crippen molar-refractivity contribution in [3.8, 4) is 0 Å². The zero-order valence-corrected chi connectivity index (χ0v) is 18.5. The van der Waals surface area contributed by atoms with Crippen molar-refractivity contribution in [1.82, 2.24) is 9.62 Å². The number of nitrogens with one attached hydrogen (secondary N) is 1. The number of sulfonamides is 1. The predicted octanol–water partition coefficient (Wildman–Crippen LogP) is 2.54. The van der Waals surface area contributed by atoms with Gasteiger partial charge in [0.05, 0.1) is 10.5 Å². The molecule has 3 rings (SSSR count). The highest BCUT2D eigenvalue weighted by atomic mass is 79.9. The number of carbonyl (C=O) groups is 1. The van der Waals surface area contributed by atoms with E-state index >= 15 is 0 Å². The number of rotatable bonds is 6. The molecule has 0 spiro atoms. The van der Waals surface area contributed by atoms with Gasteiger partial charge in [0.1, 0.15) is 0 Å². The molecule has 2 fully saturated rings. The summed E-state index contributed by atoms with van der Waals surface area (Å²) in [6.45, 7) is 1.70. The third kappa shape index (κ3) is 5.34. The summed E-state index contributed by atoms with van der Waals surface area (Å²) < 4.78 is 70.2. The van der Waals surface area contributed by atoms with E-state index in [-0.39, 0.29) is 29.9 Å². The molecule has 1 aromatic carbocycles. The molecule has 0 radical (unpaired) electrons. The lowest BCUT2D eigenvalue weighted by Crippen LogP contribution is -2.58. The van der Waals surface area contributed by atoms with Crippen LogP contribution in [-0.2, 0) is 19.6 Å². The monoisotopic (exact) mass is 514 g/mol. The first-order valence-corrected chi connectivity index (χ1v) is 11.5. The van der Waals surface area contributed by atoms with E-state index in [1.165, 1.54) is 24.3 Å². The summed E-state index contributed by atoms with van der Waals surface area (Å²) in [7, 11) is -4.26. The summed E-state index contributed by atoms with van der Waals surface area (Å²) in [4.78, 5) is 11.3. The largest absolute Gasteiger partial charge is 0.490 e. The smallest absolute Gasteiger partial charge is 0.439 e. The van der Waals surface area contributed by atoms with E-state index in [1.807, 2.05) is 6.92 Å². The molecule has 2 N–H and O–H groups in total. The van der Waals surface area contributed by atoms with Gasteiger partial charge in [-0.1, -0.05) is 15.9 Å². The molecule has 30 heavy (non-hydrogen) atoms. The standard InChI is InChI=1S/C18H22BrF3N2O5S/c1-16(6-7-16)23-11-17(26)8-9-24(14(10-17)29-15(25)18(20,21)22)30(27,28)13-4-2-12(19)3-5-13/h2-5,14,23,26H,6-11H2,1H3. The summed E-state index contributed by atoms with van der Waals surface area (Å²) in [5, 5.41) is 14.0. The number of nitrogens with zero attached hydrogens (tertiary/aromatic N) is 1. The summed E-state index contributed by atoms with van der Waals surface area (Å²) in [6, 6.07) is 5.53. The predicted molar refractivity (Wildman–Crippen MR) is 104 cm³/mol. The molecule has 0 bridgehead atoms. The first-order valence-electron chi connectivity index (χ1n) is 9.27. The number of β-amino-alcohol motifs (C(OH)–C–C–N with tert-alkyl or cyclic N) is 1. The Morgan fingerprint density at radius 1 is 1.30 bits per heavy atom. The lowest BCUT2D eigenvalue weighted by atomic mass is 9.91. The van der Waals surface area contributed by atoms with Gasteiger partial charge in [-0.05, 0) is 50.5 Å². The van der Waals surface area contributed by atoms with Crippen LogP contribution in [0.4, 0.5) is 13.2 Å². The zero-order valence-electron chi connectivity index (χ0n) is 16.1. The highest BCUT2D eigenvalue weighted by Gasteiger charge is 2.50. The van der Waals surface area contributed by atoms with E-state index in [2.05, 4.69) is 26.0 Å². The van der Waals surface area contributed by atoms with Crippen LogP contribution in [0, 0.1) is 0 Å². The van der Waals surface area contributed by atoms with E-state index in [4.69, 9.17) is 0 Å². The Labute approximate surface area is 180 Å². The quantitative estimate of drug-likeness (QED) is 0.566. The van der Waals surface area contributed by atoms with E-state index in [9.17, 15) is 31.5 Å². The van der Waals surface area contributed by atoms with Crippen molar-refractivity contribution in [3.63, 3.8) is 0 Å². The second-order valence-electron chi connectivity index (χ2n) is 8.02. The van der Waals surface area contributed by atoms with Crippen LogP contribution in [-0.4, -0.2) is 60.4 Å². The number of ether oxygens (including phenoxy) is 1. The molecule has 1 saturated heterocycles. The summed E-state index contributed by atoms with van der Waals surface area (Å²) in [6.07, 6.45) is -5.78. The van der Waals surface area contributed by atoms with Gasteiger partial charge in [-0.2, -0.15) is 17.5 Å². The Morgan fingerprint density at radius 2 is 1.90 bits per heavy atom. The number of hydrogen-bond donors (Lipinski definition) is 2. The van der Waals surface area contributed by atoms with Crippen molar-refractivity contribution in [2.75, 3.05) is 13.1 Å². The number of piperidine rings is 1. The Morgan fingerprint density at radius 3 is 2.43 bits per heavy atom. The number of benzene rings is 1. The topological polar surface area (TPSA) is 95.9 Å². The molecular weight excluding hydrogens is 493 g/mol. The fourth-order valence-electron chi connectivity index (χ4n) is 3.20. The van der Waals surface area contributed by atoms with Crippen molar-refractivity contribution in [2.45, 2.75) is 61.0 Å². The van der Waals surface area contributed by atoms with Gasteiger partial charge in [0.2, 0.25) is 10.0 Å². The maximum atomic E-state index is 13.0. The average Bonchev–Trinajstić information content (AvgIpc) is 3.38. The van der Waals surface area contributed by atoms with E-state index in [0.717, 1.165) is 12.8 Å². The van der Waals surface area contributed by atoms with Gasteiger partial charge in [0.15, 0.2) is 6.23 Å². The van der Waals surface area contributed by atoms with Gasteiger partial charge < -0.3 is 15.2 Å². The van der Waals surface area contributed by atoms with E-state index in [0.29, 0.717) is 8.78 Å². The highest BCUT2D eigenvalue weighted by molar-refractivity contribution is 9.10. The number of esters is 1. The van der Waals surface area contributed by atoms with Crippen molar-refractivity contribution < 1.29 is 36.2 Å². The van der Waals surface area contributed by atoms with Gasteiger partial charge in [-0.3, -0.25) is 0 Å². The molecule has 0 amide bonds. The fraction of sp³-hybridized carbons (Fsp3) is 0.611. The van der Waals surface area contributed by atoms with Crippen molar-refractivity contribution >= 4 is 31.9 Å². The molecule has 2 unspecified atom stereocenters. The number of alkyl halides is 3. The number of carbonyl (C=O) groups excluding carboxylic acids is 1. The van der Waals surface area contributed by atoms with Crippen LogP contribution in [0.3, 0.4) is 0 Å². The Balaban J connectivity index is 1.85. The molecule has 2 aliphatic rings. The van der Waals surface area contributed by atoms with Crippen LogP contribution in [0.15, 0.2) is 33.6 Å². The van der Waals surface area contributed by atoms with Crippen molar-refractivity contribution in [3.05, 3.63) is 28.7 Å². The fourth-order valence-corrected chi connectivity index (χ4v) is 4.98. The van der Waals surface area contributed by atoms with Crippen molar-refractivity contribution in [2.24, 2.45) is 0 Å². The Kier molecular flexibility index (Phi) is 6.29. The summed E-state index contributed by atoms with van der Waals surface area (Å²) in [5.74, 6) is -2.50. The van der Waals surface area contributed by atoms with Gasteiger partial charge in [-0.15, -0.1) is 0 Å². The molecule has 1 saturated carbocycles. The number of hydrogen-bond acceptors (Lipinski definition) is 6. The van der Waals surface area contributed by atoms with Gasteiger partial charge >= 0.3 is 12.1 Å². The van der Waals surface area contributed by atoms with Gasteiger partial charge in [0.25, 0.3) is 0 Å². The molecule has 1 heterocycles. The molecular formula is C18H22BrF3N2O5S. The van der Waals surface area contributed by atoms with Crippen LogP contribution < -0.4 is 5.32 Å². The molecule has 0 aromatic heterocycles. The van der Waals surface area contributed by atoms with Gasteiger partial charge in [-0.25, -0.2) is 13.2 Å². The maximum Gasteiger partial charge on any atom is 0.490 e. The minimum atomic E-state index is -5.29. The van der Waals surface area contributed by atoms with Crippen LogP contribution in [0.2, 0.25) is 0 Å². The van der Waals surface area contributed by atoms with Crippen molar-refractivity contribution in [1.29, 1.82) is 0 Å². The molecule has 1 aliphatic heterocycles. The Bertz CT molecular complexity index is 905. The molecule has 1 aliphatic carbocycles. The summed E-state index contributed by atoms with van der Waals surface area (Å²) >= 11 is 3.19. The van der Waals surface area contributed by atoms with E-state index in [1.54, 1.807) is 0 Å². The van der Waals surface area contributed by atoms with Crippen LogP contribution in [0.25, 0.3) is 0 Å². The maximum absolute atomic E-state index is 13.0. The minimum Gasteiger partial charge on any atom is -0.439 e. The molecule has 2 atom stereocenters. The van der Waals surface area contributed by atoms with Gasteiger partial charge in [0, 0.05) is 29.5 Å². The second-order valence-corrected chi connectivity index (χ2v) is 10.8. The minimum absolute atomic E-state index is 0.0219. The third-order valence-electron chi connectivity index (χ3n) is 5.41. The first-order chi connectivity index (χ1) is 13.7. The summed E-state index contributed by atoms with van der Waals surface area (Å²) in [5.41, 5.74) is -1.66. The zero-order chi connectivity index (χ0) is 22.4. The van der Waals surface area contributed by atoms with Crippen LogP contribution >= 0.6 is 15.9 Å².